The van der Waals surface area contributed by atoms with Crippen LogP contribution in [0.15, 0.2) is 48.5 Å². The van der Waals surface area contributed by atoms with E-state index < -0.39 is 12.3 Å². The monoisotopic (exact) mass is 512 g/mol. The number of likely N-dealkylation sites (tertiary alicyclic amines) is 1. The lowest BCUT2D eigenvalue weighted by Gasteiger charge is -2.42. The van der Waals surface area contributed by atoms with Gasteiger partial charge in [-0.15, -0.1) is 0 Å². The Balaban J connectivity index is 1.47. The first-order valence-electron chi connectivity index (χ1n) is 12.8. The molecule has 1 amide bonds. The van der Waals surface area contributed by atoms with Crippen LogP contribution < -0.4 is 5.32 Å². The van der Waals surface area contributed by atoms with Crippen LogP contribution in [-0.4, -0.2) is 63.9 Å². The summed E-state index contributed by atoms with van der Waals surface area (Å²) in [7, 11) is 0. The molecular weight excluding hydrogens is 476 g/mol. The summed E-state index contributed by atoms with van der Waals surface area (Å²) in [5.41, 5.74) is 3.28. The molecule has 0 aliphatic carbocycles. The lowest BCUT2D eigenvalue weighted by molar-refractivity contribution is -0.276. The van der Waals surface area contributed by atoms with Gasteiger partial charge in [-0.2, -0.15) is 0 Å². The van der Waals surface area contributed by atoms with Crippen molar-refractivity contribution in [3.05, 3.63) is 65.2 Å². The number of hydrogen-bond donors (Lipinski definition) is 4. The Labute approximate surface area is 217 Å². The van der Waals surface area contributed by atoms with Crippen LogP contribution in [0.2, 0.25) is 0 Å². The van der Waals surface area contributed by atoms with Gasteiger partial charge in [-0.05, 0) is 36.1 Å². The zero-order chi connectivity index (χ0) is 26.4. The molecule has 0 radical (unpaired) electrons. The van der Waals surface area contributed by atoms with Crippen LogP contribution in [0.4, 0.5) is 5.69 Å². The number of carboxylic acids is 1. The number of amides is 1. The van der Waals surface area contributed by atoms with Crippen molar-refractivity contribution in [2.75, 3.05) is 25.0 Å². The molecule has 2 aliphatic heterocycles. The van der Waals surface area contributed by atoms with Crippen LogP contribution in [0.1, 0.15) is 61.7 Å². The van der Waals surface area contributed by atoms with Crippen LogP contribution in [0.3, 0.4) is 0 Å². The topological polar surface area (TPSA) is 129 Å². The Kier molecular flexibility index (Phi) is 9.28. The number of carboxylic acid groups (broad SMARTS) is 1. The Bertz CT molecular complexity index is 1040. The summed E-state index contributed by atoms with van der Waals surface area (Å²) in [5.74, 6) is -1.09. The minimum atomic E-state index is -0.916. The molecule has 2 aromatic carbocycles. The highest BCUT2D eigenvalue weighted by atomic mass is 16.7. The van der Waals surface area contributed by atoms with Crippen LogP contribution in [0.5, 0.6) is 0 Å². The van der Waals surface area contributed by atoms with Crippen molar-refractivity contribution in [2.45, 2.75) is 63.8 Å². The molecule has 0 spiro atoms. The van der Waals surface area contributed by atoms with Gasteiger partial charge in [-0.25, -0.2) is 0 Å². The highest BCUT2D eigenvalue weighted by molar-refractivity contribution is 5.90. The Hall–Kier alpha value is -2.82. The van der Waals surface area contributed by atoms with Crippen molar-refractivity contribution in [1.82, 2.24) is 4.90 Å². The Morgan fingerprint density at radius 3 is 2.35 bits per heavy atom. The standard InChI is InChI=1S/C28H36N2O7/c1-18-24(16-30-14-13-23(32)15-30)36-28(37-27(18)20-7-5-19(17-31)6-8-20)21-9-11-22(12-10-21)29-25(33)3-2-4-26(34)35/h5-12,18,23-24,27-28,31-32H,2-4,13-17H2,1H3,(H,29,33)(H,34,35)/t18-,23+,24+,27+,28+/m1/s1. The van der Waals surface area contributed by atoms with E-state index in [1.165, 1.54) is 0 Å². The zero-order valence-corrected chi connectivity index (χ0v) is 21.1. The number of carbonyl (C=O) groups is 2. The van der Waals surface area contributed by atoms with Gasteiger partial charge >= 0.3 is 5.97 Å². The fraction of sp³-hybridized carbons (Fsp3) is 0.500. The lowest BCUT2D eigenvalue weighted by Crippen LogP contribution is -2.44. The maximum atomic E-state index is 12.1. The fourth-order valence-corrected chi connectivity index (χ4v) is 4.91. The van der Waals surface area contributed by atoms with Crippen LogP contribution in [-0.2, 0) is 25.7 Å². The van der Waals surface area contributed by atoms with Gasteiger partial charge in [0.05, 0.1) is 24.9 Å². The summed E-state index contributed by atoms with van der Waals surface area (Å²) in [5, 5.41) is 30.9. The van der Waals surface area contributed by atoms with Crippen molar-refractivity contribution in [3.8, 4) is 0 Å². The number of carbonyl (C=O) groups excluding carboxylic acids is 1. The molecule has 5 atom stereocenters. The molecule has 0 unspecified atom stereocenters. The molecule has 9 heteroatoms. The number of benzene rings is 2. The van der Waals surface area contributed by atoms with Crippen molar-refractivity contribution in [2.24, 2.45) is 5.92 Å². The fourth-order valence-electron chi connectivity index (χ4n) is 4.91. The molecule has 0 aromatic heterocycles. The molecule has 2 aliphatic rings. The van der Waals surface area contributed by atoms with E-state index in [-0.39, 0.29) is 56.0 Å². The highest BCUT2D eigenvalue weighted by Gasteiger charge is 2.39. The first-order valence-corrected chi connectivity index (χ1v) is 12.8. The van der Waals surface area contributed by atoms with E-state index >= 15 is 0 Å². The average molecular weight is 513 g/mol. The number of ether oxygens (including phenoxy) is 2. The molecule has 0 saturated carbocycles. The van der Waals surface area contributed by atoms with Crippen molar-refractivity contribution in [3.63, 3.8) is 0 Å². The van der Waals surface area contributed by atoms with Crippen molar-refractivity contribution in [1.29, 1.82) is 0 Å². The Morgan fingerprint density at radius 1 is 1.03 bits per heavy atom. The van der Waals surface area contributed by atoms with Gasteiger partial charge in [0.1, 0.15) is 0 Å². The van der Waals surface area contributed by atoms with E-state index in [1.807, 2.05) is 36.4 Å². The maximum Gasteiger partial charge on any atom is 0.303 e. The normalized spacial score (nSPS) is 26.2. The maximum absolute atomic E-state index is 12.1. The van der Waals surface area contributed by atoms with Gasteiger partial charge in [0.15, 0.2) is 6.29 Å². The number of β-amino-alcohol motifs (C(OH)–C–C–N with tert-alkyl or cyclic N) is 1. The van der Waals surface area contributed by atoms with Crippen LogP contribution in [0, 0.1) is 5.92 Å². The smallest absolute Gasteiger partial charge is 0.303 e. The Morgan fingerprint density at radius 2 is 1.73 bits per heavy atom. The molecule has 37 heavy (non-hydrogen) atoms. The molecule has 2 saturated heterocycles. The van der Waals surface area contributed by atoms with Gasteiger partial charge in [-0.3, -0.25) is 14.5 Å². The summed E-state index contributed by atoms with van der Waals surface area (Å²) in [6.07, 6.45) is -0.116. The molecule has 2 fully saturated rings. The number of aliphatic hydroxyl groups excluding tert-OH is 2. The first-order chi connectivity index (χ1) is 17.8. The largest absolute Gasteiger partial charge is 0.481 e. The molecule has 2 heterocycles. The predicted octanol–water partition coefficient (Wildman–Crippen LogP) is 3.23. The van der Waals surface area contributed by atoms with Gasteiger partial charge in [0, 0.05) is 49.6 Å². The number of hydrogen-bond acceptors (Lipinski definition) is 7. The van der Waals surface area contributed by atoms with Gasteiger partial charge < -0.3 is 30.1 Å². The number of aliphatic carboxylic acids is 1. The average Bonchev–Trinajstić information content (AvgIpc) is 3.30. The lowest BCUT2D eigenvalue weighted by atomic mass is 9.90. The summed E-state index contributed by atoms with van der Waals surface area (Å²) in [6.45, 7) is 4.25. The second-order valence-corrected chi connectivity index (χ2v) is 9.94. The highest BCUT2D eigenvalue weighted by Crippen LogP contribution is 2.42. The third-order valence-corrected chi connectivity index (χ3v) is 7.07. The zero-order valence-electron chi connectivity index (χ0n) is 21.1. The minimum Gasteiger partial charge on any atom is -0.481 e. The van der Waals surface area contributed by atoms with E-state index in [0.717, 1.165) is 29.7 Å². The van der Waals surface area contributed by atoms with E-state index in [1.54, 1.807) is 12.1 Å². The SMILES string of the molecule is C[C@@H]1[C@H](CN2CC[C@H](O)C2)O[C@H](c2ccc(NC(=O)CCCC(=O)O)cc2)O[C@@H]1c1ccc(CO)cc1. The number of rotatable bonds is 10. The predicted molar refractivity (Wildman–Crippen MR) is 137 cm³/mol. The molecule has 4 N–H and O–H groups in total. The third kappa shape index (κ3) is 7.37. The van der Waals surface area contributed by atoms with E-state index in [4.69, 9.17) is 14.6 Å². The van der Waals surface area contributed by atoms with E-state index in [0.29, 0.717) is 18.8 Å². The quantitative estimate of drug-likeness (QED) is 0.382. The molecule has 0 bridgehead atoms. The number of nitrogens with one attached hydrogen (secondary N) is 1. The van der Waals surface area contributed by atoms with Crippen molar-refractivity contribution < 1.29 is 34.4 Å². The summed E-state index contributed by atoms with van der Waals surface area (Å²) in [4.78, 5) is 25.0. The van der Waals surface area contributed by atoms with Gasteiger partial charge in [0.2, 0.25) is 5.91 Å². The molecule has 200 valence electrons. The number of nitrogens with zero attached hydrogens (tertiary/aromatic N) is 1. The second-order valence-electron chi connectivity index (χ2n) is 9.94. The van der Waals surface area contributed by atoms with Crippen LogP contribution >= 0.6 is 0 Å². The van der Waals surface area contributed by atoms with E-state index in [2.05, 4.69) is 17.1 Å². The first kappa shape index (κ1) is 27.2. The van der Waals surface area contributed by atoms with Crippen LogP contribution in [0.25, 0.3) is 0 Å². The number of aliphatic hydroxyl groups is 2. The molecular formula is C28H36N2O7. The summed E-state index contributed by atoms with van der Waals surface area (Å²) < 4.78 is 12.9. The summed E-state index contributed by atoms with van der Waals surface area (Å²) in [6, 6.07) is 15.0. The van der Waals surface area contributed by atoms with Crippen molar-refractivity contribution >= 4 is 17.6 Å². The molecule has 9 nitrogen and oxygen atoms in total. The number of anilines is 1. The minimum absolute atomic E-state index is 0.0184. The van der Waals surface area contributed by atoms with Gasteiger partial charge in [-0.1, -0.05) is 43.3 Å². The molecule has 4 rings (SSSR count). The van der Waals surface area contributed by atoms with E-state index in [9.17, 15) is 19.8 Å². The second kappa shape index (κ2) is 12.6. The summed E-state index contributed by atoms with van der Waals surface area (Å²) >= 11 is 0. The molecule has 2 aromatic rings. The third-order valence-electron chi connectivity index (χ3n) is 7.07. The van der Waals surface area contributed by atoms with Gasteiger partial charge in [0.25, 0.3) is 0 Å².